The van der Waals surface area contributed by atoms with Crippen molar-refractivity contribution in [3.63, 3.8) is 0 Å². The Hall–Kier alpha value is -1.72. The normalized spacial score (nSPS) is 18.0. The van der Waals surface area contributed by atoms with Crippen LogP contribution in [0.4, 0.5) is 0 Å². The Morgan fingerprint density at radius 3 is 2.90 bits per heavy atom. The van der Waals surface area contributed by atoms with Gasteiger partial charge in [0.15, 0.2) is 5.78 Å². The summed E-state index contributed by atoms with van der Waals surface area (Å²) in [6.07, 6.45) is 2.05. The van der Waals surface area contributed by atoms with E-state index in [9.17, 15) is 9.59 Å². The second-order valence-electron chi connectivity index (χ2n) is 5.22. The first-order chi connectivity index (χ1) is 10.2. The number of carbonyl (C=O) groups is 1. The highest BCUT2D eigenvalue weighted by Crippen LogP contribution is 2.25. The highest BCUT2D eigenvalue weighted by atomic mass is 32.1. The molecule has 1 aliphatic heterocycles. The molecular formula is C16H17NO3S. The van der Waals surface area contributed by atoms with Gasteiger partial charge in [0.1, 0.15) is 0 Å². The van der Waals surface area contributed by atoms with Gasteiger partial charge in [-0.2, -0.15) is 0 Å². The smallest absolute Gasteiger partial charge is 0.262 e. The van der Waals surface area contributed by atoms with E-state index in [1.165, 1.54) is 6.92 Å². The summed E-state index contributed by atoms with van der Waals surface area (Å²) in [6, 6.07) is 7.43. The summed E-state index contributed by atoms with van der Waals surface area (Å²) in [6.45, 7) is 2.69. The number of pyridine rings is 1. The van der Waals surface area contributed by atoms with Crippen LogP contribution in [0, 0.1) is 0 Å². The average Bonchev–Trinajstić information content (AvgIpc) is 3.13. The Kier molecular flexibility index (Phi) is 4.03. The van der Waals surface area contributed by atoms with E-state index in [0.717, 1.165) is 30.0 Å². The molecule has 0 N–H and O–H groups in total. The molecule has 1 fully saturated rings. The Balaban J connectivity index is 2.09. The van der Waals surface area contributed by atoms with Crippen LogP contribution in [0.2, 0.25) is 0 Å². The second-order valence-corrected chi connectivity index (χ2v) is 6.16. The number of ketones is 1. The zero-order chi connectivity index (χ0) is 14.8. The fraction of sp³-hybridized carbons (Fsp3) is 0.375. The van der Waals surface area contributed by atoms with Gasteiger partial charge in [-0.3, -0.25) is 9.59 Å². The molecule has 0 spiro atoms. The molecule has 4 nitrogen and oxygen atoms in total. The summed E-state index contributed by atoms with van der Waals surface area (Å²) in [5, 5.41) is 1.98. The zero-order valence-corrected chi connectivity index (χ0v) is 12.7. The topological polar surface area (TPSA) is 48.3 Å². The highest BCUT2D eigenvalue weighted by Gasteiger charge is 2.20. The molecule has 21 heavy (non-hydrogen) atoms. The van der Waals surface area contributed by atoms with Crippen LogP contribution in [0.3, 0.4) is 0 Å². The minimum atomic E-state index is -0.219. The van der Waals surface area contributed by atoms with E-state index in [2.05, 4.69) is 0 Å². The fourth-order valence-corrected chi connectivity index (χ4v) is 3.42. The van der Waals surface area contributed by atoms with E-state index < -0.39 is 0 Å². The lowest BCUT2D eigenvalue weighted by atomic mass is 10.1. The first-order valence-corrected chi connectivity index (χ1v) is 7.95. The van der Waals surface area contributed by atoms with Crippen LogP contribution >= 0.6 is 11.3 Å². The predicted molar refractivity (Wildman–Crippen MR) is 83.0 cm³/mol. The predicted octanol–water partition coefficient (Wildman–Crippen LogP) is 2.96. The molecule has 0 radical (unpaired) electrons. The highest BCUT2D eigenvalue weighted by molar-refractivity contribution is 7.13. The average molecular weight is 303 g/mol. The lowest BCUT2D eigenvalue weighted by Gasteiger charge is -2.16. The molecule has 2 aromatic rings. The van der Waals surface area contributed by atoms with Crippen LogP contribution in [0.5, 0.6) is 0 Å². The van der Waals surface area contributed by atoms with Crippen LogP contribution in [0.1, 0.15) is 30.1 Å². The van der Waals surface area contributed by atoms with Gasteiger partial charge in [0.25, 0.3) is 5.56 Å². The molecule has 1 aliphatic rings. The van der Waals surface area contributed by atoms with Crippen LogP contribution < -0.4 is 5.56 Å². The monoisotopic (exact) mass is 303 g/mol. The maximum absolute atomic E-state index is 12.6. The summed E-state index contributed by atoms with van der Waals surface area (Å²) >= 11 is 1.59. The molecule has 3 heterocycles. The van der Waals surface area contributed by atoms with E-state index in [0.29, 0.717) is 6.54 Å². The lowest BCUT2D eigenvalue weighted by molar-refractivity contribution is 0.0955. The van der Waals surface area contributed by atoms with Crippen molar-refractivity contribution >= 4 is 17.1 Å². The van der Waals surface area contributed by atoms with Gasteiger partial charge in [-0.1, -0.05) is 6.07 Å². The number of carbonyl (C=O) groups excluding carboxylic acids is 1. The third-order valence-corrected chi connectivity index (χ3v) is 4.63. The molecule has 0 amide bonds. The third-order valence-electron chi connectivity index (χ3n) is 3.74. The molecule has 1 atom stereocenters. The third kappa shape index (κ3) is 2.84. The van der Waals surface area contributed by atoms with Crippen molar-refractivity contribution in [2.75, 3.05) is 6.61 Å². The van der Waals surface area contributed by atoms with Crippen molar-refractivity contribution in [3.8, 4) is 10.6 Å². The minimum absolute atomic E-state index is 0.0589. The van der Waals surface area contributed by atoms with Crippen molar-refractivity contribution in [1.82, 2.24) is 4.57 Å². The quantitative estimate of drug-likeness (QED) is 0.816. The molecule has 0 saturated carbocycles. The molecule has 3 rings (SSSR count). The first-order valence-electron chi connectivity index (χ1n) is 7.07. The summed E-state index contributed by atoms with van der Waals surface area (Å²) in [5.74, 6) is -0.196. The summed E-state index contributed by atoms with van der Waals surface area (Å²) < 4.78 is 7.34. The number of hydrogen-bond donors (Lipinski definition) is 0. The molecule has 0 aliphatic carbocycles. The number of nitrogens with zero attached hydrogens (tertiary/aromatic N) is 1. The maximum Gasteiger partial charge on any atom is 0.262 e. The Labute approximate surface area is 127 Å². The molecule has 0 bridgehead atoms. The summed E-state index contributed by atoms with van der Waals surface area (Å²) in [5.41, 5.74) is 0.882. The van der Waals surface area contributed by atoms with Crippen molar-refractivity contribution in [2.24, 2.45) is 0 Å². The van der Waals surface area contributed by atoms with E-state index in [-0.39, 0.29) is 23.0 Å². The molecule has 0 aromatic carbocycles. The van der Waals surface area contributed by atoms with Gasteiger partial charge in [0, 0.05) is 6.61 Å². The van der Waals surface area contributed by atoms with Gasteiger partial charge >= 0.3 is 0 Å². The zero-order valence-electron chi connectivity index (χ0n) is 11.9. The number of ether oxygens (including phenoxy) is 1. The van der Waals surface area contributed by atoms with Gasteiger partial charge in [-0.05, 0) is 43.3 Å². The Morgan fingerprint density at radius 1 is 1.43 bits per heavy atom. The lowest BCUT2D eigenvalue weighted by Crippen LogP contribution is -2.30. The van der Waals surface area contributed by atoms with E-state index in [1.807, 2.05) is 23.6 Å². The molecular weight excluding hydrogens is 286 g/mol. The SMILES string of the molecule is CC(=O)c1ccc(-c2cccs2)n(CC2CCCO2)c1=O. The van der Waals surface area contributed by atoms with Crippen LogP contribution in [0.15, 0.2) is 34.4 Å². The number of Topliss-reactive ketones (excluding diaryl/α,β-unsaturated/α-hetero) is 1. The van der Waals surface area contributed by atoms with Gasteiger partial charge in [0.05, 0.1) is 28.8 Å². The largest absolute Gasteiger partial charge is 0.376 e. The van der Waals surface area contributed by atoms with Crippen molar-refractivity contribution in [2.45, 2.75) is 32.4 Å². The maximum atomic E-state index is 12.6. The van der Waals surface area contributed by atoms with Crippen LogP contribution in [0.25, 0.3) is 10.6 Å². The molecule has 5 heteroatoms. The standard InChI is InChI=1S/C16H17NO3S/c1-11(18)13-6-7-14(15-5-3-9-21-15)17(16(13)19)10-12-4-2-8-20-12/h3,5-7,9,12H,2,4,8,10H2,1H3. The van der Waals surface area contributed by atoms with E-state index in [4.69, 9.17) is 4.74 Å². The minimum Gasteiger partial charge on any atom is -0.376 e. The van der Waals surface area contributed by atoms with Crippen molar-refractivity contribution in [3.05, 3.63) is 45.6 Å². The van der Waals surface area contributed by atoms with E-state index >= 15 is 0 Å². The molecule has 110 valence electrons. The molecule has 1 unspecified atom stereocenters. The number of hydrogen-bond acceptors (Lipinski definition) is 4. The van der Waals surface area contributed by atoms with Gasteiger partial charge < -0.3 is 9.30 Å². The number of rotatable bonds is 4. The number of thiophene rings is 1. The van der Waals surface area contributed by atoms with Crippen molar-refractivity contribution in [1.29, 1.82) is 0 Å². The van der Waals surface area contributed by atoms with Crippen molar-refractivity contribution < 1.29 is 9.53 Å². The number of aromatic nitrogens is 1. The molecule has 2 aromatic heterocycles. The van der Waals surface area contributed by atoms with E-state index in [1.54, 1.807) is 22.0 Å². The first kappa shape index (κ1) is 14.2. The molecule has 1 saturated heterocycles. The Morgan fingerprint density at radius 2 is 2.29 bits per heavy atom. The van der Waals surface area contributed by atoms with Gasteiger partial charge in [-0.25, -0.2) is 0 Å². The second kappa shape index (κ2) is 5.95. The van der Waals surface area contributed by atoms with Crippen LogP contribution in [-0.4, -0.2) is 23.1 Å². The fourth-order valence-electron chi connectivity index (χ4n) is 2.66. The summed E-state index contributed by atoms with van der Waals surface area (Å²) in [7, 11) is 0. The Bertz CT molecular complexity index is 697. The summed E-state index contributed by atoms with van der Waals surface area (Å²) in [4.78, 5) is 25.2. The van der Waals surface area contributed by atoms with Gasteiger partial charge in [-0.15, -0.1) is 11.3 Å². The van der Waals surface area contributed by atoms with Crippen LogP contribution in [-0.2, 0) is 11.3 Å². The van der Waals surface area contributed by atoms with Gasteiger partial charge in [0.2, 0.25) is 0 Å².